The molecular weight excluding hydrogens is 724 g/mol. The number of sulfone groups is 2. The maximum atomic E-state index is 11.5. The molecule has 0 saturated heterocycles. The topological polar surface area (TPSA) is 216 Å². The minimum atomic E-state index is -4.35. The Hall–Kier alpha value is -3.39. The van der Waals surface area contributed by atoms with E-state index in [1.807, 2.05) is 0 Å². The van der Waals surface area contributed by atoms with Gasteiger partial charge in [-0.2, -0.15) is 0 Å². The van der Waals surface area contributed by atoms with E-state index in [9.17, 15) is 49.0 Å². The van der Waals surface area contributed by atoms with Gasteiger partial charge in [0.1, 0.15) is 0 Å². The Labute approximate surface area is 318 Å². The summed E-state index contributed by atoms with van der Waals surface area (Å²) in [5, 5.41) is 4.16. The van der Waals surface area contributed by atoms with Crippen molar-refractivity contribution in [3.05, 3.63) is 91.8 Å². The number of carbonyl (C=O) groups excluding carboxylic acids is 4. The maximum absolute atomic E-state index is 11.5. The molecule has 274 valence electrons. The fourth-order valence-electron chi connectivity index (χ4n) is 3.20. The normalized spacial score (nSPS) is 10.8. The zero-order chi connectivity index (χ0) is 38.8. The van der Waals surface area contributed by atoms with Gasteiger partial charge in [0, 0.05) is 44.1 Å². The molecule has 0 fully saturated rings. The van der Waals surface area contributed by atoms with E-state index < -0.39 is 52.9 Å². The van der Waals surface area contributed by atoms with E-state index in [-0.39, 0.29) is 66.0 Å². The van der Waals surface area contributed by atoms with Gasteiger partial charge in [-0.3, -0.25) is 19.2 Å². The van der Waals surface area contributed by atoms with Crippen molar-refractivity contribution in [2.24, 2.45) is 0 Å². The zero-order valence-corrected chi connectivity index (χ0v) is 33.8. The van der Waals surface area contributed by atoms with Crippen LogP contribution in [0.4, 0.5) is 5.69 Å². The summed E-state index contributed by atoms with van der Waals surface area (Å²) < 4.78 is 76.5. The second-order valence-corrected chi connectivity index (χ2v) is 16.1. The third-order valence-corrected chi connectivity index (χ3v) is 9.93. The Bertz CT molecular complexity index is 1710. The summed E-state index contributed by atoms with van der Waals surface area (Å²) in [6.45, 7) is 19.4. The number of benzene rings is 1. The van der Waals surface area contributed by atoms with Crippen LogP contribution in [0.25, 0.3) is 0 Å². The van der Waals surface area contributed by atoms with Gasteiger partial charge in [0.2, 0.25) is 23.6 Å². The molecule has 0 aliphatic heterocycles. The molecule has 0 unspecified atom stereocenters. The van der Waals surface area contributed by atoms with Crippen LogP contribution in [0, 0.1) is 0 Å². The number of nitrogens with one attached hydrogen (secondary N) is 1. The summed E-state index contributed by atoms with van der Waals surface area (Å²) in [5.74, 6) is -2.40. The first-order chi connectivity index (χ1) is 22.3. The monoisotopic (exact) mass is 768 g/mol. The van der Waals surface area contributed by atoms with Crippen LogP contribution in [0.3, 0.4) is 0 Å². The van der Waals surface area contributed by atoms with E-state index in [2.05, 4.69) is 38.2 Å². The number of rotatable bonds is 16. The van der Waals surface area contributed by atoms with E-state index in [4.69, 9.17) is 0 Å². The Balaban J connectivity index is -0.000000662. The standard InChI is InChI=1S/C13H15NO3S.C10H16N2O4S.C8H15NO4S.Na/c1-4-13(15)14(3)12-8-6-11(7-9-12)10-18(16,17)5-2;1-4-9(13)11-8-12(3)10(14)6-7-17(15,16)5-2;1-5-7(10)9(4)8(2,3)6-14(11,12)13;/h4-9H,1-2,10H2,3H3;4-5H,1-2,6-8H2,3H3,(H,11,13);5H,1,6H2,2-4H3,(H,11,12,13);/q;;;+1/p-1. The van der Waals surface area contributed by atoms with E-state index in [1.54, 1.807) is 31.3 Å². The Morgan fingerprint density at radius 1 is 0.800 bits per heavy atom. The van der Waals surface area contributed by atoms with Crippen molar-refractivity contribution < 1.29 is 78.5 Å². The maximum Gasteiger partial charge on any atom is 1.00 e. The van der Waals surface area contributed by atoms with Gasteiger partial charge in [-0.15, -0.1) is 0 Å². The minimum Gasteiger partial charge on any atom is -0.748 e. The molecule has 1 N–H and O–H groups in total. The summed E-state index contributed by atoms with van der Waals surface area (Å²) >= 11 is 0. The van der Waals surface area contributed by atoms with Crippen LogP contribution in [0.1, 0.15) is 25.8 Å². The fourth-order valence-corrected chi connectivity index (χ4v) is 5.66. The molecule has 4 amide bonds. The number of hydrogen-bond donors (Lipinski definition) is 1. The number of nitrogens with zero attached hydrogens (tertiary/aromatic N) is 3. The van der Waals surface area contributed by atoms with Gasteiger partial charge in [0.05, 0.1) is 39.6 Å². The predicted octanol–water partition coefficient (Wildman–Crippen LogP) is -1.49. The van der Waals surface area contributed by atoms with Crippen LogP contribution in [0.2, 0.25) is 0 Å². The van der Waals surface area contributed by atoms with Crippen molar-refractivity contribution in [1.82, 2.24) is 15.1 Å². The molecule has 0 radical (unpaired) electrons. The van der Waals surface area contributed by atoms with E-state index in [0.717, 1.165) is 23.0 Å². The fraction of sp³-hybridized carbons (Fsp3) is 0.355. The number of anilines is 1. The summed E-state index contributed by atoms with van der Waals surface area (Å²) in [4.78, 5) is 48.6. The number of carbonyl (C=O) groups is 4. The molecule has 0 aromatic heterocycles. The van der Waals surface area contributed by atoms with Crippen LogP contribution in [0.5, 0.6) is 0 Å². The van der Waals surface area contributed by atoms with Crippen molar-refractivity contribution in [2.75, 3.05) is 44.2 Å². The molecule has 0 aliphatic rings. The van der Waals surface area contributed by atoms with Crippen LogP contribution < -0.4 is 39.8 Å². The molecule has 1 aromatic rings. The molecule has 50 heavy (non-hydrogen) atoms. The largest absolute Gasteiger partial charge is 1.00 e. The SMILES string of the molecule is C=CC(=O)N(C)C(C)(C)CS(=O)(=O)[O-].C=CC(=O)N(C)c1ccc(CS(=O)(=O)C=C)cc1.C=CC(=O)NCN(C)C(=O)CCS(=O)(=O)C=C.[Na+]. The second-order valence-electron chi connectivity index (χ2n) is 10.6. The minimum absolute atomic E-state index is 0. The number of hydrogen-bond acceptors (Lipinski definition) is 11. The summed E-state index contributed by atoms with van der Waals surface area (Å²) in [6, 6.07) is 6.72. The first kappa shape index (κ1) is 51.0. The molecule has 0 bridgehead atoms. The average Bonchev–Trinajstić information content (AvgIpc) is 3.04. The second kappa shape index (κ2) is 23.2. The van der Waals surface area contributed by atoms with Crippen LogP contribution in [0.15, 0.2) is 86.2 Å². The van der Waals surface area contributed by atoms with Gasteiger partial charge in [0.25, 0.3) is 0 Å². The van der Waals surface area contributed by atoms with Gasteiger partial charge < -0.3 is 24.6 Å². The van der Waals surface area contributed by atoms with Gasteiger partial charge in [0.15, 0.2) is 19.7 Å². The molecular formula is C31H45N4NaO11S3. The van der Waals surface area contributed by atoms with Crippen molar-refractivity contribution >= 4 is 59.1 Å². The molecule has 0 saturated carbocycles. The van der Waals surface area contributed by atoms with Crippen LogP contribution in [-0.2, 0) is 54.7 Å². The van der Waals surface area contributed by atoms with Crippen molar-refractivity contribution in [2.45, 2.75) is 31.6 Å². The van der Waals surface area contributed by atoms with Gasteiger partial charge in [-0.25, -0.2) is 25.3 Å². The van der Waals surface area contributed by atoms with Crippen LogP contribution >= 0.6 is 0 Å². The first-order valence-electron chi connectivity index (χ1n) is 14.0. The van der Waals surface area contributed by atoms with Crippen molar-refractivity contribution in [3.63, 3.8) is 0 Å². The van der Waals surface area contributed by atoms with Gasteiger partial charge in [-0.05, 0) is 49.8 Å². The predicted molar refractivity (Wildman–Crippen MR) is 189 cm³/mol. The van der Waals surface area contributed by atoms with E-state index >= 15 is 0 Å². The zero-order valence-electron chi connectivity index (χ0n) is 29.3. The summed E-state index contributed by atoms with van der Waals surface area (Å²) in [6.07, 6.45) is 3.23. The number of amides is 4. The van der Waals surface area contributed by atoms with Crippen molar-refractivity contribution in [1.29, 1.82) is 0 Å². The Morgan fingerprint density at radius 2 is 1.28 bits per heavy atom. The Kier molecular flexibility index (Phi) is 23.6. The molecule has 0 atom stereocenters. The van der Waals surface area contributed by atoms with E-state index in [0.29, 0.717) is 11.3 Å². The molecule has 0 spiro atoms. The van der Waals surface area contributed by atoms with Crippen LogP contribution in [-0.4, -0.2) is 108 Å². The molecule has 0 heterocycles. The molecule has 0 aliphatic carbocycles. The molecule has 1 aromatic carbocycles. The third kappa shape index (κ3) is 21.6. The van der Waals surface area contributed by atoms with Crippen molar-refractivity contribution in [3.8, 4) is 0 Å². The van der Waals surface area contributed by atoms with Gasteiger partial charge in [-0.1, -0.05) is 45.0 Å². The third-order valence-electron chi connectivity index (χ3n) is 6.35. The molecule has 15 nitrogen and oxygen atoms in total. The van der Waals surface area contributed by atoms with E-state index in [1.165, 1.54) is 48.7 Å². The quantitative estimate of drug-likeness (QED) is 0.0885. The summed E-state index contributed by atoms with van der Waals surface area (Å²) in [5.41, 5.74) is 0.309. The number of likely N-dealkylation sites (N-methyl/N-ethyl adjacent to an activating group) is 2. The smallest absolute Gasteiger partial charge is 0.748 e. The first-order valence-corrected chi connectivity index (χ1v) is 19.0. The molecule has 19 heteroatoms. The van der Waals surface area contributed by atoms with Gasteiger partial charge >= 0.3 is 29.6 Å². The Morgan fingerprint density at radius 3 is 1.68 bits per heavy atom. The average molecular weight is 769 g/mol. The summed E-state index contributed by atoms with van der Waals surface area (Å²) in [7, 11) is -6.46. The molecule has 1 rings (SSSR count).